The fourth-order valence-electron chi connectivity index (χ4n) is 2.15. The number of nitrogens with zero attached hydrogens (tertiary/aromatic N) is 1. The molecule has 18 heavy (non-hydrogen) atoms. The minimum atomic E-state index is -0.483. The Morgan fingerprint density at radius 3 is 2.50 bits per heavy atom. The minimum Gasteiger partial charge on any atom is -0.461 e. The average molecular weight is 256 g/mol. The van der Waals surface area contributed by atoms with E-state index in [1.165, 1.54) is 19.4 Å². The van der Waals surface area contributed by atoms with Crippen molar-refractivity contribution in [3.05, 3.63) is 0 Å². The molecule has 0 aromatic carbocycles. The normalized spacial score (nSPS) is 20.1. The second-order valence-electron chi connectivity index (χ2n) is 5.60. The Morgan fingerprint density at radius 2 is 2.00 bits per heavy atom. The van der Waals surface area contributed by atoms with Gasteiger partial charge in [-0.05, 0) is 31.7 Å². The summed E-state index contributed by atoms with van der Waals surface area (Å²) < 4.78 is 5.48. The third-order valence-electron chi connectivity index (χ3n) is 3.64. The van der Waals surface area contributed by atoms with Gasteiger partial charge in [0, 0.05) is 13.1 Å². The van der Waals surface area contributed by atoms with E-state index in [2.05, 4.69) is 11.8 Å². The van der Waals surface area contributed by atoms with E-state index in [-0.39, 0.29) is 18.0 Å². The van der Waals surface area contributed by atoms with E-state index in [0.29, 0.717) is 0 Å². The third kappa shape index (κ3) is 4.94. The van der Waals surface area contributed by atoms with Gasteiger partial charge < -0.3 is 15.4 Å². The lowest BCUT2D eigenvalue weighted by Crippen LogP contribution is -2.43. The predicted molar refractivity (Wildman–Crippen MR) is 73.3 cm³/mol. The Morgan fingerprint density at radius 1 is 1.39 bits per heavy atom. The molecule has 1 fully saturated rings. The van der Waals surface area contributed by atoms with Gasteiger partial charge in [-0.3, -0.25) is 4.79 Å². The maximum Gasteiger partial charge on any atom is 0.323 e. The summed E-state index contributed by atoms with van der Waals surface area (Å²) in [4.78, 5) is 14.2. The van der Waals surface area contributed by atoms with Crippen molar-refractivity contribution in [1.82, 2.24) is 4.90 Å². The topological polar surface area (TPSA) is 55.6 Å². The van der Waals surface area contributed by atoms with Crippen molar-refractivity contribution in [2.45, 2.75) is 58.6 Å². The second-order valence-corrected chi connectivity index (χ2v) is 5.60. The number of hydrogen-bond acceptors (Lipinski definition) is 4. The molecule has 2 N–H and O–H groups in total. The van der Waals surface area contributed by atoms with E-state index in [9.17, 15) is 4.79 Å². The number of rotatable bonds is 6. The first-order chi connectivity index (χ1) is 8.54. The predicted octanol–water partition coefficient (Wildman–Crippen LogP) is 1.78. The van der Waals surface area contributed by atoms with Crippen LogP contribution in [0, 0.1) is 5.92 Å². The molecule has 0 bridgehead atoms. The van der Waals surface area contributed by atoms with Gasteiger partial charge in [0.1, 0.15) is 12.1 Å². The van der Waals surface area contributed by atoms with E-state index in [4.69, 9.17) is 10.5 Å². The van der Waals surface area contributed by atoms with Crippen molar-refractivity contribution in [3.63, 3.8) is 0 Å². The largest absolute Gasteiger partial charge is 0.461 e. The maximum absolute atomic E-state index is 11.7. The summed E-state index contributed by atoms with van der Waals surface area (Å²) in [6.07, 6.45) is 4.45. The first-order valence-corrected chi connectivity index (χ1v) is 7.23. The fourth-order valence-corrected chi connectivity index (χ4v) is 2.15. The van der Waals surface area contributed by atoms with Crippen LogP contribution >= 0.6 is 0 Å². The number of hydrogen-bond donors (Lipinski definition) is 1. The van der Waals surface area contributed by atoms with Crippen LogP contribution in [0.5, 0.6) is 0 Å². The SMILES string of the molecule is CCCCN1CCC(OC(=O)[C@@H](N)C(C)C)CC1. The molecule has 0 spiro atoms. The molecule has 106 valence electrons. The van der Waals surface area contributed by atoms with Gasteiger partial charge in [0.2, 0.25) is 0 Å². The molecule has 1 rings (SSSR count). The van der Waals surface area contributed by atoms with E-state index >= 15 is 0 Å². The van der Waals surface area contributed by atoms with Crippen molar-refractivity contribution in [3.8, 4) is 0 Å². The smallest absolute Gasteiger partial charge is 0.323 e. The van der Waals surface area contributed by atoms with E-state index in [0.717, 1.165) is 25.9 Å². The van der Waals surface area contributed by atoms with Gasteiger partial charge in [0.25, 0.3) is 0 Å². The number of ether oxygens (including phenoxy) is 1. The molecule has 0 unspecified atom stereocenters. The van der Waals surface area contributed by atoms with E-state index in [1.807, 2.05) is 13.8 Å². The van der Waals surface area contributed by atoms with Gasteiger partial charge in [-0.2, -0.15) is 0 Å². The average Bonchev–Trinajstić information content (AvgIpc) is 2.36. The summed E-state index contributed by atoms with van der Waals surface area (Å²) in [5.41, 5.74) is 5.79. The standard InChI is InChI=1S/C14H28N2O2/c1-4-5-8-16-9-6-12(7-10-16)18-14(17)13(15)11(2)3/h11-13H,4-10,15H2,1-3H3/t13-/m0/s1. The van der Waals surface area contributed by atoms with Crippen molar-refractivity contribution in [2.24, 2.45) is 11.7 Å². The zero-order chi connectivity index (χ0) is 13.5. The van der Waals surface area contributed by atoms with Gasteiger partial charge in [-0.15, -0.1) is 0 Å². The fraction of sp³-hybridized carbons (Fsp3) is 0.929. The van der Waals surface area contributed by atoms with Crippen LogP contribution in [0.4, 0.5) is 0 Å². The molecule has 0 amide bonds. The molecule has 1 saturated heterocycles. The summed E-state index contributed by atoms with van der Waals surface area (Å²) in [5, 5.41) is 0. The highest BCUT2D eigenvalue weighted by Gasteiger charge is 2.25. The lowest BCUT2D eigenvalue weighted by atomic mass is 10.0. The number of carbonyl (C=O) groups is 1. The highest BCUT2D eigenvalue weighted by atomic mass is 16.5. The summed E-state index contributed by atoms with van der Waals surface area (Å²) in [7, 11) is 0. The van der Waals surface area contributed by atoms with Gasteiger partial charge >= 0.3 is 5.97 Å². The quantitative estimate of drug-likeness (QED) is 0.736. The lowest BCUT2D eigenvalue weighted by molar-refractivity contribution is -0.153. The van der Waals surface area contributed by atoms with Crippen LogP contribution in [0.1, 0.15) is 46.5 Å². The second kappa shape index (κ2) is 7.74. The number of esters is 1. The van der Waals surface area contributed by atoms with Gasteiger partial charge in [-0.25, -0.2) is 0 Å². The molecule has 4 heteroatoms. The van der Waals surface area contributed by atoms with Crippen LogP contribution in [0.25, 0.3) is 0 Å². The van der Waals surface area contributed by atoms with Crippen LogP contribution in [-0.4, -0.2) is 42.6 Å². The van der Waals surface area contributed by atoms with Crippen molar-refractivity contribution >= 4 is 5.97 Å². The molecule has 0 aromatic heterocycles. The van der Waals surface area contributed by atoms with Crippen LogP contribution in [0.15, 0.2) is 0 Å². The summed E-state index contributed by atoms with van der Waals surface area (Å²) in [5.74, 6) is -0.0980. The first kappa shape index (κ1) is 15.4. The Hall–Kier alpha value is -0.610. The minimum absolute atomic E-state index is 0.0696. The van der Waals surface area contributed by atoms with Gasteiger partial charge in [-0.1, -0.05) is 27.2 Å². The monoisotopic (exact) mass is 256 g/mol. The summed E-state index contributed by atoms with van der Waals surface area (Å²) >= 11 is 0. The zero-order valence-electron chi connectivity index (χ0n) is 12.0. The molecular weight excluding hydrogens is 228 g/mol. The molecular formula is C14H28N2O2. The number of unbranched alkanes of at least 4 members (excludes halogenated alkanes) is 1. The number of nitrogens with two attached hydrogens (primary N) is 1. The molecule has 1 atom stereocenters. The molecule has 1 aliphatic heterocycles. The Balaban J connectivity index is 2.25. The summed E-state index contributed by atoms with van der Waals surface area (Å²) in [6, 6.07) is -0.483. The molecule has 0 radical (unpaired) electrons. The number of likely N-dealkylation sites (tertiary alicyclic amines) is 1. The first-order valence-electron chi connectivity index (χ1n) is 7.23. The lowest BCUT2D eigenvalue weighted by Gasteiger charge is -2.32. The van der Waals surface area contributed by atoms with Gasteiger partial charge in [0.15, 0.2) is 0 Å². The van der Waals surface area contributed by atoms with Crippen molar-refractivity contribution in [2.75, 3.05) is 19.6 Å². The number of carbonyl (C=O) groups excluding carboxylic acids is 1. The third-order valence-corrected chi connectivity index (χ3v) is 3.64. The molecule has 0 aliphatic carbocycles. The molecule has 4 nitrogen and oxygen atoms in total. The molecule has 0 aromatic rings. The number of piperidine rings is 1. The van der Waals surface area contributed by atoms with Crippen molar-refractivity contribution < 1.29 is 9.53 Å². The highest BCUT2D eigenvalue weighted by molar-refractivity contribution is 5.75. The van der Waals surface area contributed by atoms with Crippen molar-refractivity contribution in [1.29, 1.82) is 0 Å². The molecule has 1 heterocycles. The van der Waals surface area contributed by atoms with Gasteiger partial charge in [0.05, 0.1) is 0 Å². The van der Waals surface area contributed by atoms with E-state index < -0.39 is 6.04 Å². The van der Waals surface area contributed by atoms with Crippen LogP contribution in [-0.2, 0) is 9.53 Å². The van der Waals surface area contributed by atoms with Crippen LogP contribution in [0.3, 0.4) is 0 Å². The highest BCUT2D eigenvalue weighted by Crippen LogP contribution is 2.15. The maximum atomic E-state index is 11.7. The van der Waals surface area contributed by atoms with Crippen LogP contribution in [0.2, 0.25) is 0 Å². The Kier molecular flexibility index (Phi) is 6.65. The Bertz CT molecular complexity index is 248. The molecule has 0 saturated carbocycles. The van der Waals surface area contributed by atoms with E-state index in [1.54, 1.807) is 0 Å². The van der Waals surface area contributed by atoms with Crippen LogP contribution < -0.4 is 5.73 Å². The Labute approximate surface area is 111 Å². The zero-order valence-corrected chi connectivity index (χ0v) is 12.0. The molecule has 1 aliphatic rings. The summed E-state index contributed by atoms with van der Waals surface area (Å²) in [6.45, 7) is 9.34.